The van der Waals surface area contributed by atoms with Crippen LogP contribution >= 0.6 is 0 Å². The number of ether oxygens (including phenoxy) is 1. The first kappa shape index (κ1) is 38.1. The maximum atomic E-state index is 13.5. The highest BCUT2D eigenvalue weighted by Crippen LogP contribution is 2.58. The van der Waals surface area contributed by atoms with Gasteiger partial charge in [-0.1, -0.05) is 86.6 Å². The second-order valence-corrected chi connectivity index (χ2v) is 14.5. The molecule has 0 spiro atoms. The van der Waals surface area contributed by atoms with Crippen LogP contribution in [0.25, 0.3) is 0 Å². The smallest absolute Gasteiger partial charge is 0.311 e. The Bertz CT molecular complexity index is 1590. The summed E-state index contributed by atoms with van der Waals surface area (Å²) >= 11 is 0. The Hall–Kier alpha value is -4.12. The zero-order chi connectivity index (χ0) is 36.6. The van der Waals surface area contributed by atoms with Gasteiger partial charge in [-0.15, -0.1) is 0 Å². The summed E-state index contributed by atoms with van der Waals surface area (Å²) in [4.78, 5) is 40.3. The number of carboxylic acids is 2. The second-order valence-electron chi connectivity index (χ2n) is 14.5. The van der Waals surface area contributed by atoms with E-state index in [9.17, 15) is 29.9 Å². The van der Waals surface area contributed by atoms with E-state index in [1.54, 1.807) is 13.0 Å². The monoisotopic (exact) mass is 699 g/mol. The van der Waals surface area contributed by atoms with E-state index < -0.39 is 45.7 Å². The van der Waals surface area contributed by atoms with Crippen molar-refractivity contribution in [3.05, 3.63) is 112 Å². The van der Waals surface area contributed by atoms with Crippen LogP contribution in [-0.2, 0) is 19.7 Å². The Morgan fingerprint density at radius 3 is 1.98 bits per heavy atom. The number of hydrogen-bond acceptors (Lipinski definition) is 7. The van der Waals surface area contributed by atoms with Gasteiger partial charge in [0, 0.05) is 55.3 Å². The number of piperidine rings is 2. The fourth-order valence-electron chi connectivity index (χ4n) is 9.33. The molecule has 274 valence electrons. The van der Waals surface area contributed by atoms with E-state index >= 15 is 0 Å². The lowest BCUT2D eigenvalue weighted by Gasteiger charge is -2.57. The lowest BCUT2D eigenvalue weighted by molar-refractivity contribution is -0.385. The van der Waals surface area contributed by atoms with Crippen LogP contribution in [0.2, 0.25) is 0 Å². The molecule has 10 heteroatoms. The number of nitrogens with one attached hydrogen (secondary N) is 1. The van der Waals surface area contributed by atoms with E-state index in [0.717, 1.165) is 38.9 Å². The first-order valence-corrected chi connectivity index (χ1v) is 18.4. The summed E-state index contributed by atoms with van der Waals surface area (Å²) in [6.45, 7) is 9.11. The summed E-state index contributed by atoms with van der Waals surface area (Å²) in [5, 5.41) is 36.9. The fourth-order valence-corrected chi connectivity index (χ4v) is 9.33. The van der Waals surface area contributed by atoms with Crippen molar-refractivity contribution in [2.24, 2.45) is 10.8 Å². The van der Waals surface area contributed by atoms with E-state index in [0.29, 0.717) is 38.0 Å². The maximum absolute atomic E-state index is 13.5. The summed E-state index contributed by atoms with van der Waals surface area (Å²) in [5.74, 6) is -3.25. The number of benzene rings is 3. The number of non-ortho nitro benzene ring substituents is 1. The molecule has 2 heterocycles. The van der Waals surface area contributed by atoms with Gasteiger partial charge >= 0.3 is 11.9 Å². The quantitative estimate of drug-likeness (QED) is 0.0799. The number of carbonyl (C=O) groups is 2. The third-order valence-electron chi connectivity index (χ3n) is 12.0. The molecular weight excluding hydrogens is 646 g/mol. The molecule has 0 bridgehead atoms. The van der Waals surface area contributed by atoms with E-state index in [1.807, 2.05) is 13.8 Å². The molecule has 2 saturated heterocycles. The van der Waals surface area contributed by atoms with E-state index in [2.05, 4.69) is 70.9 Å². The van der Waals surface area contributed by atoms with Crippen molar-refractivity contribution in [1.29, 1.82) is 0 Å². The van der Waals surface area contributed by atoms with Gasteiger partial charge < -0.3 is 25.2 Å². The van der Waals surface area contributed by atoms with Gasteiger partial charge in [-0.3, -0.25) is 19.7 Å². The molecule has 0 saturated carbocycles. The summed E-state index contributed by atoms with van der Waals surface area (Å²) in [6.07, 6.45) is 4.39. The zero-order valence-electron chi connectivity index (χ0n) is 30.1. The van der Waals surface area contributed by atoms with Gasteiger partial charge in [0.25, 0.3) is 5.69 Å². The van der Waals surface area contributed by atoms with E-state index in [-0.39, 0.29) is 17.5 Å². The highest BCUT2D eigenvalue weighted by atomic mass is 16.6. The Labute approximate surface area is 301 Å². The van der Waals surface area contributed by atoms with Crippen LogP contribution in [0.5, 0.6) is 0 Å². The topological polar surface area (TPSA) is 142 Å². The molecule has 51 heavy (non-hydrogen) atoms. The molecule has 0 amide bonds. The van der Waals surface area contributed by atoms with Gasteiger partial charge in [0.2, 0.25) is 0 Å². The molecule has 3 aromatic rings. The summed E-state index contributed by atoms with van der Waals surface area (Å²) in [6, 6.07) is 26.4. The first-order valence-electron chi connectivity index (χ1n) is 18.4. The zero-order valence-corrected chi connectivity index (χ0v) is 30.1. The van der Waals surface area contributed by atoms with Crippen LogP contribution in [-0.4, -0.2) is 76.9 Å². The molecule has 0 radical (unpaired) electrons. The minimum absolute atomic E-state index is 0.00364. The molecule has 10 nitrogen and oxygen atoms in total. The van der Waals surface area contributed by atoms with Gasteiger partial charge in [0.15, 0.2) is 0 Å². The number of nitrogens with zero attached hydrogens (tertiary/aromatic N) is 2. The maximum Gasteiger partial charge on any atom is 0.311 e. The lowest BCUT2D eigenvalue weighted by Crippen LogP contribution is -2.70. The van der Waals surface area contributed by atoms with Gasteiger partial charge in [-0.25, -0.2) is 0 Å². The number of carboxylic acid groups (broad SMARTS) is 2. The van der Waals surface area contributed by atoms with Crippen molar-refractivity contribution in [1.82, 2.24) is 10.2 Å². The predicted octanol–water partition coefficient (Wildman–Crippen LogP) is 7.27. The first-order chi connectivity index (χ1) is 24.5. The summed E-state index contributed by atoms with van der Waals surface area (Å²) in [5.41, 5.74) is -0.192. The number of aliphatic carboxylic acids is 2. The van der Waals surface area contributed by atoms with Crippen LogP contribution in [0.4, 0.5) is 5.69 Å². The standard InChI is InChI=1S/C41H53N3O7/c1-4-34-39(3,37(45)46)36(30-15-12-20-33(29-30)44(49)50)41(38(47)48,35(5-2)42-34)21-13-27-51-28-14-24-43-25-22-40(23-26-43,31-16-8-6-9-17-31)32-18-10-7-11-19-32/h6-12,15-20,29,34-36,42H,4-5,13-14,21-28H2,1-3H3,(H,45,46)(H,47,48)/t34-,35?,36?,39?,41?/m1/s1. The number of likely N-dealkylation sites (tertiary alicyclic amines) is 1. The second kappa shape index (κ2) is 16.5. The Balaban J connectivity index is 1.23. The molecule has 0 aromatic heterocycles. The lowest BCUT2D eigenvalue weighted by atomic mass is 9.50. The number of nitro groups is 1. The number of rotatable bonds is 16. The molecule has 5 atom stereocenters. The van der Waals surface area contributed by atoms with Crippen LogP contribution in [0.3, 0.4) is 0 Å². The van der Waals surface area contributed by atoms with E-state index in [4.69, 9.17) is 4.74 Å². The van der Waals surface area contributed by atoms with Crippen molar-refractivity contribution in [2.45, 2.75) is 89.1 Å². The largest absolute Gasteiger partial charge is 0.481 e. The number of nitro benzene ring substituents is 1. The SMILES string of the molecule is CCC1N[C@H](CC)C(C)(C(=O)O)C(c2cccc([N+](=O)[O-])c2)C1(CCCOCCCN1CCC(c2ccccc2)(c2ccccc2)CC1)C(=O)O. The third-order valence-corrected chi connectivity index (χ3v) is 12.0. The minimum Gasteiger partial charge on any atom is -0.481 e. The summed E-state index contributed by atoms with van der Waals surface area (Å²) in [7, 11) is 0. The van der Waals surface area contributed by atoms with Crippen LogP contribution in [0.15, 0.2) is 84.9 Å². The molecular formula is C41H53N3O7. The highest BCUT2D eigenvalue weighted by Gasteiger charge is 2.66. The molecule has 2 fully saturated rings. The van der Waals surface area contributed by atoms with E-state index in [1.165, 1.54) is 29.3 Å². The van der Waals surface area contributed by atoms with Gasteiger partial charge in [0.05, 0.1) is 15.8 Å². The average Bonchev–Trinajstić information content (AvgIpc) is 3.15. The normalized spacial score (nSPS) is 26.4. The van der Waals surface area contributed by atoms with Crippen LogP contribution < -0.4 is 5.32 Å². The highest BCUT2D eigenvalue weighted by molar-refractivity contribution is 5.84. The van der Waals surface area contributed by atoms with Crippen molar-refractivity contribution in [3.63, 3.8) is 0 Å². The van der Waals surface area contributed by atoms with Crippen molar-refractivity contribution in [2.75, 3.05) is 32.8 Å². The molecule has 3 aromatic carbocycles. The molecule has 2 aliphatic heterocycles. The Morgan fingerprint density at radius 2 is 1.45 bits per heavy atom. The molecule has 2 aliphatic rings. The van der Waals surface area contributed by atoms with Crippen LogP contribution in [0.1, 0.15) is 88.3 Å². The molecule has 4 unspecified atom stereocenters. The molecule has 5 rings (SSSR count). The predicted molar refractivity (Wildman–Crippen MR) is 197 cm³/mol. The Morgan fingerprint density at radius 1 is 0.863 bits per heavy atom. The Kier molecular flexibility index (Phi) is 12.3. The van der Waals surface area contributed by atoms with Gasteiger partial charge in [-0.2, -0.15) is 0 Å². The third kappa shape index (κ3) is 7.45. The summed E-state index contributed by atoms with van der Waals surface area (Å²) < 4.78 is 6.08. The number of hydrogen-bond donors (Lipinski definition) is 3. The molecule has 0 aliphatic carbocycles. The molecule has 3 N–H and O–H groups in total. The average molecular weight is 700 g/mol. The van der Waals surface area contributed by atoms with Crippen molar-refractivity contribution >= 4 is 17.6 Å². The van der Waals surface area contributed by atoms with Gasteiger partial charge in [0.1, 0.15) is 0 Å². The van der Waals surface area contributed by atoms with Crippen LogP contribution in [0, 0.1) is 20.9 Å². The fraction of sp³-hybridized carbons (Fsp3) is 0.512. The minimum atomic E-state index is -1.54. The van der Waals surface area contributed by atoms with Crippen molar-refractivity contribution in [3.8, 4) is 0 Å². The van der Waals surface area contributed by atoms with Gasteiger partial charge in [-0.05, 0) is 81.6 Å². The van der Waals surface area contributed by atoms with Crippen molar-refractivity contribution < 1.29 is 29.5 Å².